The molecule has 21 heavy (non-hydrogen) atoms. The summed E-state index contributed by atoms with van der Waals surface area (Å²) < 4.78 is 8.22. The summed E-state index contributed by atoms with van der Waals surface area (Å²) in [4.78, 5) is 42.3. The number of rotatable bonds is 7. The Labute approximate surface area is 181 Å². The molecular formula is C8H8N3Na2O6STc. The molecule has 13 heteroatoms. The molecule has 0 aromatic carbocycles. The van der Waals surface area contributed by atoms with Crippen molar-refractivity contribution in [1.29, 1.82) is 0 Å². The van der Waals surface area contributed by atoms with Crippen molar-refractivity contribution in [1.82, 2.24) is 0 Å². The molecule has 106 valence electrons. The van der Waals surface area contributed by atoms with Gasteiger partial charge in [0.25, 0.3) is 0 Å². The molecule has 0 bridgehead atoms. The zero-order valence-corrected chi connectivity index (χ0v) is 18.1. The molecular weight excluding hydrogens is 410 g/mol. The van der Waals surface area contributed by atoms with Crippen LogP contribution in [0.5, 0.6) is 0 Å². The molecule has 0 fully saturated rings. The topological polar surface area (TPSA) is 151 Å². The summed E-state index contributed by atoms with van der Waals surface area (Å²) in [7, 11) is 0. The van der Waals surface area contributed by atoms with Gasteiger partial charge in [-0.2, -0.15) is 0 Å². The predicted octanol–water partition coefficient (Wildman–Crippen LogP) is -8.13. The normalized spacial score (nSPS) is 7.62. The monoisotopic (exact) mass is 417 g/mol. The first kappa shape index (κ1) is 29.7. The van der Waals surface area contributed by atoms with E-state index in [1.165, 1.54) is 0 Å². The van der Waals surface area contributed by atoms with Crippen LogP contribution < -0.4 is 64.2 Å². The molecule has 0 aliphatic heterocycles. The maximum atomic E-state index is 10.9. The molecule has 0 atom stereocenters. The molecule has 0 aromatic rings. The fourth-order valence-electron chi connectivity index (χ4n) is 0.610. The van der Waals surface area contributed by atoms with Crippen LogP contribution in [0.25, 0.3) is 16.0 Å². The fourth-order valence-corrected chi connectivity index (χ4v) is 0.701. The molecule has 0 unspecified atom stereocenters. The number of nitrogens with zero attached hydrogens (tertiary/aromatic N) is 3. The summed E-state index contributed by atoms with van der Waals surface area (Å²) in [6.45, 7) is -1.84. The average Bonchev–Trinajstić information content (AvgIpc) is 2.42. The van der Waals surface area contributed by atoms with E-state index in [1.807, 2.05) is 0 Å². The molecule has 0 rings (SSSR count). The molecule has 0 heterocycles. The van der Waals surface area contributed by atoms with Crippen molar-refractivity contribution < 1.29 is 106 Å². The van der Waals surface area contributed by atoms with Gasteiger partial charge in [-0.05, 0) is 0 Å². The Morgan fingerprint density at radius 3 is 1.48 bits per heavy atom. The summed E-state index contributed by atoms with van der Waals surface area (Å²) in [5.41, 5.74) is 0. The summed E-state index contributed by atoms with van der Waals surface area (Å²) in [6.07, 6.45) is 0. The molecule has 0 spiro atoms. The molecule has 0 radical (unpaired) electrons. The van der Waals surface area contributed by atoms with Crippen LogP contribution in [0.1, 0.15) is 0 Å². The fraction of sp³-hybridized carbons (Fsp3) is 0.500. The van der Waals surface area contributed by atoms with Gasteiger partial charge in [0.05, 0.1) is 0 Å². The van der Waals surface area contributed by atoms with Crippen LogP contribution in [0, 0.1) is 0 Å². The van der Waals surface area contributed by atoms with Gasteiger partial charge in [-0.15, -0.1) is 5.75 Å². The van der Waals surface area contributed by atoms with Crippen molar-refractivity contribution in [2.24, 2.45) is 0 Å². The number of carboxylic acids is 1. The average molecular weight is 418 g/mol. The van der Waals surface area contributed by atoms with Gasteiger partial charge in [-0.1, -0.05) is 19.6 Å². The van der Waals surface area contributed by atoms with Gasteiger partial charge in [0.1, 0.15) is 0 Å². The number of carboxylic acid groups (broad SMARTS) is 1. The SMILES string of the molecule is O=C([O-])C[N-]C(=O)C[N-]C(=O)C[N-]C(=O)C[S-].[Na+].[Na+].[O]=[Tc+3]. The summed E-state index contributed by atoms with van der Waals surface area (Å²) >= 11 is 5.28. The Morgan fingerprint density at radius 1 is 0.810 bits per heavy atom. The van der Waals surface area contributed by atoms with E-state index in [2.05, 4.69) is 28.6 Å². The number of hydrogen-bond donors (Lipinski definition) is 0. The number of carbonyl (C=O) groups excluding carboxylic acids is 4. The Kier molecular flexibility index (Phi) is 29.2. The third-order valence-electron chi connectivity index (χ3n) is 1.29. The first-order valence-corrected chi connectivity index (χ1v) is 5.83. The van der Waals surface area contributed by atoms with Gasteiger partial charge in [0, 0.05) is 23.7 Å². The van der Waals surface area contributed by atoms with E-state index in [9.17, 15) is 24.3 Å². The number of carbonyl (C=O) groups is 4. The van der Waals surface area contributed by atoms with Crippen LogP contribution in [0.4, 0.5) is 0 Å². The molecule has 9 nitrogen and oxygen atoms in total. The van der Waals surface area contributed by atoms with Crippen LogP contribution in [0.2, 0.25) is 0 Å². The van der Waals surface area contributed by atoms with Crippen LogP contribution >= 0.6 is 0 Å². The van der Waals surface area contributed by atoms with E-state index < -0.39 is 43.3 Å². The summed E-state index contributed by atoms with van der Waals surface area (Å²) in [5.74, 6) is -3.99. The number of amides is 3. The summed E-state index contributed by atoms with van der Waals surface area (Å²) in [5, 5.41) is 19.5. The second-order valence-corrected chi connectivity index (χ2v) is 2.93. The Bertz CT molecular complexity index is 350. The molecule has 0 saturated heterocycles. The summed E-state index contributed by atoms with van der Waals surface area (Å²) in [6, 6.07) is 0. The zero-order valence-electron chi connectivity index (χ0n) is 11.4. The van der Waals surface area contributed by atoms with Gasteiger partial charge in [0.2, 0.25) is 0 Å². The van der Waals surface area contributed by atoms with Gasteiger partial charge in [0.15, 0.2) is 0 Å². The Morgan fingerprint density at radius 2 is 1.14 bits per heavy atom. The van der Waals surface area contributed by atoms with Crippen molar-refractivity contribution in [3.05, 3.63) is 16.0 Å². The van der Waals surface area contributed by atoms with Crippen molar-refractivity contribution in [3.8, 4) is 0 Å². The second kappa shape index (κ2) is 20.7. The maximum absolute atomic E-state index is 10.9. The van der Waals surface area contributed by atoms with E-state index in [1.54, 1.807) is 0 Å². The third kappa shape index (κ3) is 23.1. The molecule has 3 amide bonds. The zero-order chi connectivity index (χ0) is 15.3. The first-order chi connectivity index (χ1) is 8.95. The second-order valence-electron chi connectivity index (χ2n) is 2.65. The van der Waals surface area contributed by atoms with Crippen LogP contribution in [0.3, 0.4) is 0 Å². The van der Waals surface area contributed by atoms with Crippen LogP contribution in [0.15, 0.2) is 0 Å². The van der Waals surface area contributed by atoms with Gasteiger partial charge in [-0.25, -0.2) is 0 Å². The van der Waals surface area contributed by atoms with Crippen molar-refractivity contribution >= 4 is 36.3 Å². The van der Waals surface area contributed by atoms with Gasteiger partial charge >= 0.3 is 81.5 Å². The third-order valence-corrected chi connectivity index (χ3v) is 1.54. The predicted molar refractivity (Wildman–Crippen MR) is 57.6 cm³/mol. The van der Waals surface area contributed by atoms with Crippen molar-refractivity contribution in [3.63, 3.8) is 0 Å². The van der Waals surface area contributed by atoms with Gasteiger partial charge < -0.3 is 52.9 Å². The van der Waals surface area contributed by atoms with Gasteiger partial charge in [-0.3, -0.25) is 0 Å². The van der Waals surface area contributed by atoms with Crippen LogP contribution in [-0.2, 0) is 54.2 Å². The number of aliphatic carboxylic acids is 1. The van der Waals surface area contributed by atoms with E-state index in [0.717, 1.165) is 18.9 Å². The molecule has 0 N–H and O–H groups in total. The van der Waals surface area contributed by atoms with Crippen LogP contribution in [-0.4, -0.2) is 49.1 Å². The molecule has 0 aliphatic carbocycles. The number of hydrogen-bond acceptors (Lipinski definition) is 7. The molecule has 0 saturated carbocycles. The standard InChI is InChI=1S/C8H13N3O5S.2Na.O.Tc/c12-5(2-10-7(14)4-17)9-1-6(13)11-3-8(15)16;;;;/h1-4H2,(H5,9,10,11,12,13,14,15,16,17);;;;/q;2*+1;;+3/p-5. The minimum atomic E-state index is -1.50. The minimum absolute atomic E-state index is 0. The quantitative estimate of drug-likeness (QED) is 0.294. The molecule has 0 aliphatic rings. The molecule has 0 aromatic heterocycles. The first-order valence-electron chi connectivity index (χ1n) is 4.50. The van der Waals surface area contributed by atoms with Crippen molar-refractivity contribution in [2.45, 2.75) is 0 Å². The van der Waals surface area contributed by atoms with Crippen molar-refractivity contribution in [2.75, 3.05) is 25.4 Å². The Hall–Kier alpha value is 0.679. The van der Waals surface area contributed by atoms with E-state index in [4.69, 9.17) is 3.50 Å². The van der Waals surface area contributed by atoms with E-state index in [0.29, 0.717) is 0 Å². The van der Waals surface area contributed by atoms with E-state index in [-0.39, 0.29) is 64.9 Å². The van der Waals surface area contributed by atoms with E-state index >= 15 is 0 Å². The Balaban J connectivity index is -0.000000344.